The van der Waals surface area contributed by atoms with Crippen LogP contribution >= 0.6 is 0 Å². The molecule has 0 aliphatic rings. The normalized spacial score (nSPS) is 11.6. The summed E-state index contributed by atoms with van der Waals surface area (Å²) in [5.41, 5.74) is 3.01. The van der Waals surface area contributed by atoms with E-state index in [4.69, 9.17) is 4.42 Å². The Morgan fingerprint density at radius 1 is 1.16 bits per heavy atom. The van der Waals surface area contributed by atoms with E-state index >= 15 is 0 Å². The summed E-state index contributed by atoms with van der Waals surface area (Å²) in [6, 6.07) is 10.1. The fourth-order valence-electron chi connectivity index (χ4n) is 2.38. The molecule has 2 heterocycles. The molecule has 3 N–H and O–H groups in total. The molecular formula is C18H22N6O. The second-order valence-electron chi connectivity index (χ2n) is 5.64. The zero-order chi connectivity index (χ0) is 17.6. The molecule has 0 aliphatic carbocycles. The molecular weight excluding hydrogens is 316 g/mol. The summed E-state index contributed by atoms with van der Waals surface area (Å²) in [5.74, 6) is 2.97. The molecule has 0 unspecified atom stereocenters. The summed E-state index contributed by atoms with van der Waals surface area (Å²) in [4.78, 5) is 16.2. The van der Waals surface area contributed by atoms with Crippen LogP contribution in [0.4, 0.5) is 0 Å². The molecule has 3 aromatic rings. The first-order valence-corrected chi connectivity index (χ1v) is 8.12. The largest absolute Gasteiger partial charge is 0.444 e. The van der Waals surface area contributed by atoms with E-state index in [2.05, 4.69) is 30.6 Å². The van der Waals surface area contributed by atoms with Crippen molar-refractivity contribution in [3.05, 3.63) is 59.7 Å². The smallest absolute Gasteiger partial charge is 0.214 e. The van der Waals surface area contributed by atoms with Crippen LogP contribution in [0.2, 0.25) is 0 Å². The molecule has 0 bridgehead atoms. The van der Waals surface area contributed by atoms with Crippen LogP contribution in [-0.2, 0) is 13.1 Å². The maximum absolute atomic E-state index is 5.55. The van der Waals surface area contributed by atoms with E-state index in [0.717, 1.165) is 28.5 Å². The number of imidazole rings is 1. The zero-order valence-electron chi connectivity index (χ0n) is 14.6. The van der Waals surface area contributed by atoms with Crippen molar-refractivity contribution in [2.45, 2.75) is 26.9 Å². The number of oxazole rings is 1. The molecule has 0 aliphatic heterocycles. The summed E-state index contributed by atoms with van der Waals surface area (Å²) in [6.45, 7) is 4.84. The number of H-pyrrole nitrogens is 1. The maximum atomic E-state index is 5.55. The Balaban J connectivity index is 1.54. The molecule has 0 radical (unpaired) electrons. The van der Waals surface area contributed by atoms with Crippen molar-refractivity contribution in [3.8, 4) is 11.3 Å². The predicted octanol–water partition coefficient (Wildman–Crippen LogP) is 2.55. The van der Waals surface area contributed by atoms with Crippen LogP contribution in [0.25, 0.3) is 11.3 Å². The number of benzene rings is 1. The molecule has 3 rings (SSSR count). The monoisotopic (exact) mass is 338 g/mol. The van der Waals surface area contributed by atoms with Crippen molar-refractivity contribution in [1.82, 2.24) is 25.6 Å². The summed E-state index contributed by atoms with van der Waals surface area (Å²) in [5, 5.41) is 6.39. The standard InChI is InChI=1S/C18H22N6O/c1-12-13(2)25-17(23-12)11-22-18(19-3)21-10-16-20-9-15(24-16)14-7-5-4-6-8-14/h4-9H,10-11H2,1-3H3,(H,20,24)(H2,19,21,22). The van der Waals surface area contributed by atoms with E-state index in [-0.39, 0.29) is 0 Å². The third kappa shape index (κ3) is 4.26. The third-order valence-corrected chi connectivity index (χ3v) is 3.84. The minimum atomic E-state index is 0.474. The van der Waals surface area contributed by atoms with Gasteiger partial charge in [0.15, 0.2) is 5.96 Å². The van der Waals surface area contributed by atoms with Gasteiger partial charge < -0.3 is 20.0 Å². The highest BCUT2D eigenvalue weighted by Gasteiger charge is 2.07. The van der Waals surface area contributed by atoms with Gasteiger partial charge in [0.1, 0.15) is 11.6 Å². The van der Waals surface area contributed by atoms with Crippen molar-refractivity contribution >= 4 is 5.96 Å². The number of aromatic nitrogens is 3. The Morgan fingerprint density at radius 2 is 1.92 bits per heavy atom. The summed E-state index contributed by atoms with van der Waals surface area (Å²) in [6.07, 6.45) is 1.83. The minimum absolute atomic E-state index is 0.474. The van der Waals surface area contributed by atoms with Crippen LogP contribution in [0, 0.1) is 13.8 Å². The Labute approximate surface area is 146 Å². The molecule has 0 spiro atoms. The number of aryl methyl sites for hydroxylation is 2. The van der Waals surface area contributed by atoms with Gasteiger partial charge in [-0.2, -0.15) is 0 Å². The van der Waals surface area contributed by atoms with Crippen LogP contribution in [-0.4, -0.2) is 28.0 Å². The number of guanidine groups is 1. The average molecular weight is 338 g/mol. The fraction of sp³-hybridized carbons (Fsp3) is 0.278. The molecule has 130 valence electrons. The lowest BCUT2D eigenvalue weighted by atomic mass is 10.2. The molecule has 7 heteroatoms. The Hall–Kier alpha value is -3.09. The van der Waals surface area contributed by atoms with Gasteiger partial charge in [0.25, 0.3) is 0 Å². The summed E-state index contributed by atoms with van der Waals surface area (Å²) >= 11 is 0. The number of nitrogens with one attached hydrogen (secondary N) is 3. The lowest BCUT2D eigenvalue weighted by molar-refractivity contribution is 0.463. The third-order valence-electron chi connectivity index (χ3n) is 3.84. The van der Waals surface area contributed by atoms with Gasteiger partial charge >= 0.3 is 0 Å². The quantitative estimate of drug-likeness (QED) is 0.491. The van der Waals surface area contributed by atoms with Gasteiger partial charge in [-0.05, 0) is 19.4 Å². The van der Waals surface area contributed by atoms with E-state index in [0.29, 0.717) is 24.9 Å². The molecule has 0 amide bonds. The lowest BCUT2D eigenvalue weighted by Gasteiger charge is -2.09. The molecule has 25 heavy (non-hydrogen) atoms. The predicted molar refractivity (Wildman–Crippen MR) is 97.0 cm³/mol. The Kier molecular flexibility index (Phi) is 5.13. The average Bonchev–Trinajstić information content (AvgIpc) is 3.23. The van der Waals surface area contributed by atoms with Crippen molar-refractivity contribution in [3.63, 3.8) is 0 Å². The first-order chi connectivity index (χ1) is 12.2. The summed E-state index contributed by atoms with van der Waals surface area (Å²) in [7, 11) is 1.72. The highest BCUT2D eigenvalue weighted by Crippen LogP contribution is 2.15. The maximum Gasteiger partial charge on any atom is 0.214 e. The number of rotatable bonds is 5. The first kappa shape index (κ1) is 16.8. The molecule has 0 saturated carbocycles. The van der Waals surface area contributed by atoms with E-state index in [9.17, 15) is 0 Å². The fourth-order valence-corrected chi connectivity index (χ4v) is 2.38. The van der Waals surface area contributed by atoms with Crippen LogP contribution < -0.4 is 10.6 Å². The molecule has 7 nitrogen and oxygen atoms in total. The van der Waals surface area contributed by atoms with Gasteiger partial charge in [-0.25, -0.2) is 9.97 Å². The molecule has 0 atom stereocenters. The highest BCUT2D eigenvalue weighted by molar-refractivity contribution is 5.79. The van der Waals surface area contributed by atoms with Gasteiger partial charge in [0.2, 0.25) is 5.89 Å². The Bertz CT molecular complexity index is 830. The number of hydrogen-bond acceptors (Lipinski definition) is 4. The van der Waals surface area contributed by atoms with Crippen molar-refractivity contribution in [1.29, 1.82) is 0 Å². The summed E-state index contributed by atoms with van der Waals surface area (Å²) < 4.78 is 5.55. The van der Waals surface area contributed by atoms with Gasteiger partial charge in [0.05, 0.1) is 30.7 Å². The number of aromatic amines is 1. The first-order valence-electron chi connectivity index (χ1n) is 8.12. The van der Waals surface area contributed by atoms with Crippen LogP contribution in [0.15, 0.2) is 45.9 Å². The van der Waals surface area contributed by atoms with Crippen LogP contribution in [0.1, 0.15) is 23.2 Å². The van der Waals surface area contributed by atoms with Crippen molar-refractivity contribution < 1.29 is 4.42 Å². The van der Waals surface area contributed by atoms with Crippen LogP contribution in [0.3, 0.4) is 0 Å². The van der Waals surface area contributed by atoms with Crippen LogP contribution in [0.5, 0.6) is 0 Å². The topological polar surface area (TPSA) is 91.1 Å². The minimum Gasteiger partial charge on any atom is -0.444 e. The van der Waals surface area contributed by atoms with Gasteiger partial charge in [-0.15, -0.1) is 0 Å². The van der Waals surface area contributed by atoms with E-state index < -0.39 is 0 Å². The second kappa shape index (κ2) is 7.65. The van der Waals surface area contributed by atoms with Gasteiger partial charge in [-0.1, -0.05) is 30.3 Å². The van der Waals surface area contributed by atoms with E-state index in [1.807, 2.05) is 50.4 Å². The number of nitrogens with zero attached hydrogens (tertiary/aromatic N) is 3. The van der Waals surface area contributed by atoms with Gasteiger partial charge in [0, 0.05) is 7.05 Å². The van der Waals surface area contributed by atoms with Gasteiger partial charge in [-0.3, -0.25) is 4.99 Å². The number of hydrogen-bond donors (Lipinski definition) is 3. The molecule has 2 aromatic heterocycles. The SMILES string of the molecule is CN=C(NCc1ncc(-c2ccccc2)[nH]1)NCc1nc(C)c(C)o1. The van der Waals surface area contributed by atoms with E-state index in [1.165, 1.54) is 0 Å². The lowest BCUT2D eigenvalue weighted by Crippen LogP contribution is -2.36. The second-order valence-corrected chi connectivity index (χ2v) is 5.64. The molecule has 0 fully saturated rings. The van der Waals surface area contributed by atoms with Crippen molar-refractivity contribution in [2.75, 3.05) is 7.05 Å². The molecule has 0 saturated heterocycles. The molecule has 1 aromatic carbocycles. The van der Waals surface area contributed by atoms with E-state index in [1.54, 1.807) is 7.05 Å². The number of aliphatic imine (C=N–C) groups is 1. The van der Waals surface area contributed by atoms with Crippen molar-refractivity contribution in [2.24, 2.45) is 4.99 Å². The highest BCUT2D eigenvalue weighted by atomic mass is 16.4. The Morgan fingerprint density at radius 3 is 2.60 bits per heavy atom. The zero-order valence-corrected chi connectivity index (χ0v) is 14.6.